The van der Waals surface area contributed by atoms with Crippen molar-refractivity contribution < 1.29 is 9.22 Å². The number of hydrogen-bond acceptors (Lipinski definition) is 3. The summed E-state index contributed by atoms with van der Waals surface area (Å²) in [4.78, 5) is 11.8. The first kappa shape index (κ1) is 15.9. The fraction of sp³-hybridized carbons (Fsp3) is 0.929. The Labute approximate surface area is 113 Å². The van der Waals surface area contributed by atoms with E-state index in [1.807, 2.05) is 7.05 Å². The highest BCUT2D eigenvalue weighted by molar-refractivity contribution is 6.74. The van der Waals surface area contributed by atoms with Gasteiger partial charge in [-0.05, 0) is 38.0 Å². The lowest BCUT2D eigenvalue weighted by Gasteiger charge is -2.39. The Balaban J connectivity index is 2.72. The maximum absolute atomic E-state index is 11.8. The Morgan fingerprint density at radius 1 is 1.33 bits per heavy atom. The van der Waals surface area contributed by atoms with Gasteiger partial charge in [-0.15, -0.1) is 0 Å². The molecule has 0 aliphatic heterocycles. The van der Waals surface area contributed by atoms with E-state index in [1.54, 1.807) is 0 Å². The summed E-state index contributed by atoms with van der Waals surface area (Å²) in [7, 11) is 0.209. The van der Waals surface area contributed by atoms with Crippen LogP contribution in [0.4, 0.5) is 0 Å². The zero-order chi connectivity index (χ0) is 14.0. The molecule has 1 saturated carbocycles. The second-order valence-corrected chi connectivity index (χ2v) is 11.8. The lowest BCUT2D eigenvalue weighted by molar-refractivity contribution is -0.120. The summed E-state index contributed by atoms with van der Waals surface area (Å²) in [5, 5.41) is 3.51. The van der Waals surface area contributed by atoms with Gasteiger partial charge in [-0.2, -0.15) is 0 Å². The molecule has 0 saturated heterocycles. The molecule has 0 aromatic carbocycles. The third kappa shape index (κ3) is 4.18. The quantitative estimate of drug-likeness (QED) is 0.633. The van der Waals surface area contributed by atoms with Gasteiger partial charge in [0.25, 0.3) is 0 Å². The molecule has 106 valence electrons. The van der Waals surface area contributed by atoms with Crippen molar-refractivity contribution in [2.75, 3.05) is 7.05 Å². The average Bonchev–Trinajstić information content (AvgIpc) is 2.37. The summed E-state index contributed by atoms with van der Waals surface area (Å²) in [5.41, 5.74) is 0. The lowest BCUT2D eigenvalue weighted by Crippen LogP contribution is -2.45. The van der Waals surface area contributed by atoms with Gasteiger partial charge in [0.15, 0.2) is 8.32 Å². The number of rotatable bonds is 3. The number of carbonyl (C=O) groups is 1. The van der Waals surface area contributed by atoms with Gasteiger partial charge < -0.3 is 9.74 Å². The molecule has 1 aliphatic rings. The highest BCUT2D eigenvalue weighted by Gasteiger charge is 2.40. The number of hydrogen-bond donors (Lipinski definition) is 1. The van der Waals surface area contributed by atoms with Crippen LogP contribution in [0.3, 0.4) is 0 Å². The minimum Gasteiger partial charge on any atom is -0.413 e. The predicted octanol–water partition coefficient (Wildman–Crippen LogP) is 3.11. The van der Waals surface area contributed by atoms with E-state index in [2.05, 4.69) is 39.2 Å². The van der Waals surface area contributed by atoms with Crippen molar-refractivity contribution >= 4 is 14.1 Å². The summed E-state index contributed by atoms with van der Waals surface area (Å²) < 4.78 is 6.40. The highest BCUT2D eigenvalue weighted by Crippen LogP contribution is 2.38. The first-order valence-corrected chi connectivity index (χ1v) is 9.93. The molecule has 1 fully saturated rings. The SMILES string of the molecule is CN[C@@H]1CCC(=O)C[C@H](O[Si](C)(C)C(C)(C)C)C1. The van der Waals surface area contributed by atoms with Crippen LogP contribution in [0.25, 0.3) is 0 Å². The molecule has 2 atom stereocenters. The van der Waals surface area contributed by atoms with Gasteiger partial charge in [0.2, 0.25) is 0 Å². The number of ketones is 1. The summed E-state index contributed by atoms with van der Waals surface area (Å²) in [6.45, 7) is 11.3. The van der Waals surface area contributed by atoms with Crippen LogP contribution in [0.15, 0.2) is 0 Å². The van der Waals surface area contributed by atoms with Crippen LogP contribution in [-0.2, 0) is 9.22 Å². The zero-order valence-corrected chi connectivity index (χ0v) is 13.8. The van der Waals surface area contributed by atoms with E-state index < -0.39 is 8.32 Å². The van der Waals surface area contributed by atoms with Crippen LogP contribution in [0.5, 0.6) is 0 Å². The summed E-state index contributed by atoms with van der Waals surface area (Å²) in [5.74, 6) is 0.358. The van der Waals surface area contributed by atoms with Gasteiger partial charge >= 0.3 is 0 Å². The van der Waals surface area contributed by atoms with Crippen LogP contribution < -0.4 is 5.32 Å². The maximum atomic E-state index is 11.8. The molecule has 1 N–H and O–H groups in total. The van der Waals surface area contributed by atoms with Crippen LogP contribution >= 0.6 is 0 Å². The molecule has 1 rings (SSSR count). The highest BCUT2D eigenvalue weighted by atomic mass is 28.4. The smallest absolute Gasteiger partial charge is 0.192 e. The van der Waals surface area contributed by atoms with Crippen molar-refractivity contribution in [2.45, 2.75) is 76.7 Å². The molecule has 0 bridgehead atoms. The minimum absolute atomic E-state index is 0.110. The van der Waals surface area contributed by atoms with Gasteiger partial charge in [0.05, 0.1) is 6.10 Å². The van der Waals surface area contributed by atoms with E-state index in [0.717, 1.165) is 12.8 Å². The minimum atomic E-state index is -1.77. The summed E-state index contributed by atoms with van der Waals surface area (Å²) in [6.07, 6.45) is 3.33. The lowest BCUT2D eigenvalue weighted by atomic mass is 10.1. The van der Waals surface area contributed by atoms with Crippen molar-refractivity contribution in [3.63, 3.8) is 0 Å². The normalized spacial score (nSPS) is 27.1. The van der Waals surface area contributed by atoms with Gasteiger partial charge in [-0.1, -0.05) is 20.8 Å². The Kier molecular flexibility index (Phi) is 5.15. The molecular weight excluding hydrogens is 242 g/mol. The van der Waals surface area contributed by atoms with Gasteiger partial charge in [0.1, 0.15) is 5.78 Å². The van der Waals surface area contributed by atoms with Crippen molar-refractivity contribution in [2.24, 2.45) is 0 Å². The molecule has 3 nitrogen and oxygen atoms in total. The largest absolute Gasteiger partial charge is 0.413 e. The van der Waals surface area contributed by atoms with Crippen molar-refractivity contribution in [1.29, 1.82) is 0 Å². The topological polar surface area (TPSA) is 38.3 Å². The Hall–Kier alpha value is -0.193. The van der Waals surface area contributed by atoms with E-state index in [9.17, 15) is 4.79 Å². The van der Waals surface area contributed by atoms with Crippen molar-refractivity contribution in [3.05, 3.63) is 0 Å². The molecule has 0 aromatic rings. The van der Waals surface area contributed by atoms with Crippen LogP contribution in [0.1, 0.15) is 46.5 Å². The molecule has 0 heterocycles. The van der Waals surface area contributed by atoms with E-state index in [-0.39, 0.29) is 11.1 Å². The molecule has 0 spiro atoms. The molecule has 0 unspecified atom stereocenters. The molecule has 0 aromatic heterocycles. The second-order valence-electron chi connectivity index (χ2n) is 7.00. The van der Waals surface area contributed by atoms with E-state index in [0.29, 0.717) is 24.7 Å². The summed E-state index contributed by atoms with van der Waals surface area (Å²) in [6, 6.07) is 0.422. The molecule has 0 radical (unpaired) electrons. The number of Topliss-reactive ketones (excluding diaryl/α,β-unsaturated/α-hetero) is 1. The average molecular weight is 271 g/mol. The molecule has 0 amide bonds. The standard InChI is InChI=1S/C14H29NO2Si/c1-14(2,3)18(5,6)17-13-9-11(15-4)7-8-12(16)10-13/h11,13,15H,7-10H2,1-6H3/t11-,13-/m1/s1. The number of carbonyl (C=O) groups excluding carboxylic acids is 1. The van der Waals surface area contributed by atoms with Crippen molar-refractivity contribution in [1.82, 2.24) is 5.32 Å². The van der Waals surface area contributed by atoms with Gasteiger partial charge in [-0.3, -0.25) is 4.79 Å². The molecule has 18 heavy (non-hydrogen) atoms. The van der Waals surface area contributed by atoms with Crippen LogP contribution in [0, 0.1) is 0 Å². The van der Waals surface area contributed by atoms with E-state index >= 15 is 0 Å². The second kappa shape index (κ2) is 5.84. The fourth-order valence-electron chi connectivity index (χ4n) is 2.16. The molecule has 1 aliphatic carbocycles. The number of nitrogens with one attached hydrogen (secondary N) is 1. The van der Waals surface area contributed by atoms with E-state index in [1.165, 1.54) is 0 Å². The van der Waals surface area contributed by atoms with Crippen LogP contribution in [0.2, 0.25) is 18.1 Å². The molecular formula is C14H29NO2Si. The first-order valence-electron chi connectivity index (χ1n) is 7.02. The Bertz CT molecular complexity index is 297. The fourth-order valence-corrected chi connectivity index (χ4v) is 3.52. The zero-order valence-electron chi connectivity index (χ0n) is 12.8. The predicted molar refractivity (Wildman–Crippen MR) is 78.4 cm³/mol. The monoisotopic (exact) mass is 271 g/mol. The van der Waals surface area contributed by atoms with Gasteiger partial charge in [0, 0.05) is 18.9 Å². The third-order valence-corrected chi connectivity index (χ3v) is 8.99. The Morgan fingerprint density at radius 2 is 1.94 bits per heavy atom. The van der Waals surface area contributed by atoms with Gasteiger partial charge in [-0.25, -0.2) is 0 Å². The molecule has 4 heteroatoms. The summed E-state index contributed by atoms with van der Waals surface area (Å²) >= 11 is 0. The third-order valence-electron chi connectivity index (χ3n) is 4.45. The van der Waals surface area contributed by atoms with E-state index in [4.69, 9.17) is 4.43 Å². The maximum Gasteiger partial charge on any atom is 0.192 e. The van der Waals surface area contributed by atoms with Crippen molar-refractivity contribution in [3.8, 4) is 0 Å². The van der Waals surface area contributed by atoms with Crippen LogP contribution in [-0.4, -0.2) is 33.3 Å². The Morgan fingerprint density at radius 3 is 2.44 bits per heavy atom. The first-order chi connectivity index (χ1) is 8.15.